The Hall–Kier alpha value is -1.44. The molecule has 1 heterocycles. The van der Waals surface area contributed by atoms with Gasteiger partial charge in [-0.3, -0.25) is 0 Å². The fourth-order valence-electron chi connectivity index (χ4n) is 3.25. The zero-order valence-electron chi connectivity index (χ0n) is 15.2. The van der Waals surface area contributed by atoms with E-state index in [2.05, 4.69) is 13.8 Å². The molecule has 1 fully saturated rings. The van der Waals surface area contributed by atoms with Gasteiger partial charge < -0.3 is 14.8 Å². The van der Waals surface area contributed by atoms with Gasteiger partial charge >= 0.3 is 0 Å². The number of carbonyl (C=O) groups is 1. The van der Waals surface area contributed by atoms with Crippen LogP contribution < -0.4 is 10.0 Å². The van der Waals surface area contributed by atoms with Crippen LogP contribution in [0, 0.1) is 0 Å². The van der Waals surface area contributed by atoms with Crippen molar-refractivity contribution >= 4 is 16.0 Å². The lowest BCUT2D eigenvalue weighted by Gasteiger charge is -2.35. The molecule has 1 aliphatic heterocycles. The number of hydrogen-bond acceptors (Lipinski definition) is 4. The molecule has 1 N–H and O–H groups in total. The number of nitrogens with one attached hydrogen (secondary N) is 1. The minimum Gasteiger partial charge on any atom is -0.550 e. The van der Waals surface area contributed by atoms with Crippen LogP contribution in [0.1, 0.15) is 45.1 Å². The summed E-state index contributed by atoms with van der Waals surface area (Å²) in [5.74, 6) is -0.648. The molecule has 0 amide bonds. The van der Waals surface area contributed by atoms with Crippen LogP contribution in [0.3, 0.4) is 0 Å². The first-order valence-corrected chi connectivity index (χ1v) is 10.3. The molecule has 1 aliphatic rings. The van der Waals surface area contributed by atoms with Crippen molar-refractivity contribution in [3.8, 4) is 0 Å². The molecular formula is C18H28N2O4S. The first-order valence-electron chi connectivity index (χ1n) is 8.90. The van der Waals surface area contributed by atoms with E-state index in [1.807, 2.05) is 19.1 Å². The van der Waals surface area contributed by atoms with Crippen LogP contribution in [0.2, 0.25) is 0 Å². The van der Waals surface area contributed by atoms with Gasteiger partial charge in [0.1, 0.15) is 0 Å². The van der Waals surface area contributed by atoms with Crippen LogP contribution in [0.25, 0.3) is 0 Å². The molecule has 0 aliphatic carbocycles. The molecule has 1 saturated heterocycles. The average molecular weight is 368 g/mol. The molecular weight excluding hydrogens is 340 g/mol. The number of benzene rings is 1. The Kier molecular flexibility index (Phi) is 6.59. The average Bonchev–Trinajstić information content (AvgIpc) is 2.60. The SMILES string of the molecule is CC[C@H](C)c1ccc(S(=O)(=O)N2CC[NH+]([C@H](C)CC(=O)[O-])CC2)cc1. The molecule has 140 valence electrons. The number of nitrogens with zero attached hydrogens (tertiary/aromatic N) is 1. The second-order valence-electron chi connectivity index (χ2n) is 6.92. The molecule has 1 aromatic carbocycles. The quantitative estimate of drug-likeness (QED) is 0.711. The normalized spacial score (nSPS) is 19.5. The maximum atomic E-state index is 12.8. The lowest BCUT2D eigenvalue weighted by atomic mass is 9.99. The highest BCUT2D eigenvalue weighted by Gasteiger charge is 2.32. The number of quaternary nitrogens is 1. The minimum atomic E-state index is -3.49. The number of carboxylic acid groups (broad SMARTS) is 1. The molecule has 0 saturated carbocycles. The summed E-state index contributed by atoms with van der Waals surface area (Å²) in [5.41, 5.74) is 1.15. The topological polar surface area (TPSA) is 82.0 Å². The van der Waals surface area contributed by atoms with Gasteiger partial charge in [0.2, 0.25) is 10.0 Å². The highest BCUT2D eigenvalue weighted by atomic mass is 32.2. The summed E-state index contributed by atoms with van der Waals surface area (Å²) < 4.78 is 27.1. The van der Waals surface area contributed by atoms with Crippen LogP contribution in [-0.4, -0.2) is 50.9 Å². The molecule has 2 rings (SSSR count). The summed E-state index contributed by atoms with van der Waals surface area (Å²) in [5, 5.41) is 10.7. The predicted octanol–water partition coefficient (Wildman–Crippen LogP) is -0.382. The standard InChI is InChI=1S/C18H28N2O4S/c1-4-14(2)16-5-7-17(8-6-16)25(23,24)20-11-9-19(10-12-20)15(3)13-18(21)22/h5-8,14-15H,4,9-13H2,1-3H3,(H,21,22)/t14-,15+/m0/s1. The molecule has 1 aromatic rings. The van der Waals surface area contributed by atoms with E-state index in [1.165, 1.54) is 4.31 Å². The van der Waals surface area contributed by atoms with Crippen molar-refractivity contribution in [2.24, 2.45) is 0 Å². The highest BCUT2D eigenvalue weighted by molar-refractivity contribution is 7.89. The zero-order valence-corrected chi connectivity index (χ0v) is 16.0. The molecule has 0 aromatic heterocycles. The third-order valence-electron chi connectivity index (χ3n) is 5.23. The van der Waals surface area contributed by atoms with Crippen molar-refractivity contribution < 1.29 is 23.2 Å². The second-order valence-corrected chi connectivity index (χ2v) is 8.86. The highest BCUT2D eigenvalue weighted by Crippen LogP contribution is 2.22. The molecule has 7 heteroatoms. The van der Waals surface area contributed by atoms with Crippen LogP contribution in [0.15, 0.2) is 29.2 Å². The van der Waals surface area contributed by atoms with E-state index in [1.54, 1.807) is 12.1 Å². The first kappa shape index (κ1) is 19.9. The van der Waals surface area contributed by atoms with Crippen molar-refractivity contribution in [1.29, 1.82) is 0 Å². The number of aliphatic carboxylic acids is 1. The minimum absolute atomic E-state index is 0.000835. The fraction of sp³-hybridized carbons (Fsp3) is 0.611. The smallest absolute Gasteiger partial charge is 0.243 e. The molecule has 0 radical (unpaired) electrons. The van der Waals surface area contributed by atoms with Crippen molar-refractivity contribution in [3.63, 3.8) is 0 Å². The van der Waals surface area contributed by atoms with Gasteiger partial charge in [-0.25, -0.2) is 8.42 Å². The maximum Gasteiger partial charge on any atom is 0.243 e. The van der Waals surface area contributed by atoms with E-state index in [9.17, 15) is 18.3 Å². The summed E-state index contributed by atoms with van der Waals surface area (Å²) in [6, 6.07) is 7.10. The van der Waals surface area contributed by atoms with Gasteiger partial charge in [-0.05, 0) is 37.0 Å². The van der Waals surface area contributed by atoms with Crippen molar-refractivity contribution in [2.45, 2.75) is 50.5 Å². The second kappa shape index (κ2) is 8.29. The number of hydrogen-bond donors (Lipinski definition) is 1. The first-order chi connectivity index (χ1) is 11.8. The van der Waals surface area contributed by atoms with Gasteiger partial charge in [0.25, 0.3) is 0 Å². The maximum absolute atomic E-state index is 12.8. The largest absolute Gasteiger partial charge is 0.550 e. The van der Waals surface area contributed by atoms with Crippen molar-refractivity contribution in [3.05, 3.63) is 29.8 Å². The van der Waals surface area contributed by atoms with Crippen molar-refractivity contribution in [1.82, 2.24) is 4.31 Å². The Morgan fingerprint density at radius 2 is 1.76 bits per heavy atom. The van der Waals surface area contributed by atoms with Crippen molar-refractivity contribution in [2.75, 3.05) is 26.2 Å². The Morgan fingerprint density at radius 1 is 1.20 bits per heavy atom. The molecule has 6 nitrogen and oxygen atoms in total. The lowest BCUT2D eigenvalue weighted by molar-refractivity contribution is -0.926. The third kappa shape index (κ3) is 4.80. The number of carboxylic acids is 1. The van der Waals surface area contributed by atoms with E-state index >= 15 is 0 Å². The summed E-state index contributed by atoms with van der Waals surface area (Å²) in [4.78, 5) is 12.2. The van der Waals surface area contributed by atoms with E-state index in [0.29, 0.717) is 37.0 Å². The van der Waals surface area contributed by atoms with Gasteiger partial charge in [-0.2, -0.15) is 4.31 Å². The summed E-state index contributed by atoms with van der Waals surface area (Å²) in [7, 11) is -3.49. The Labute approximate surface area is 150 Å². The van der Waals surface area contributed by atoms with Crippen LogP contribution in [0.4, 0.5) is 0 Å². The Bertz CT molecular complexity index is 680. The number of carbonyl (C=O) groups excluding carboxylic acids is 1. The van der Waals surface area contributed by atoms with E-state index in [0.717, 1.165) is 16.9 Å². The van der Waals surface area contributed by atoms with Gasteiger partial charge in [-0.15, -0.1) is 0 Å². The summed E-state index contributed by atoms with van der Waals surface area (Å²) >= 11 is 0. The van der Waals surface area contributed by atoms with Gasteiger partial charge in [-0.1, -0.05) is 26.0 Å². The molecule has 0 bridgehead atoms. The van der Waals surface area contributed by atoms with E-state index < -0.39 is 16.0 Å². The number of rotatable bonds is 7. The fourth-order valence-corrected chi connectivity index (χ4v) is 4.70. The molecule has 0 spiro atoms. The van der Waals surface area contributed by atoms with Gasteiger partial charge in [0.15, 0.2) is 0 Å². The van der Waals surface area contributed by atoms with Crippen LogP contribution >= 0.6 is 0 Å². The van der Waals surface area contributed by atoms with Crippen LogP contribution in [0.5, 0.6) is 0 Å². The number of sulfonamides is 1. The molecule has 25 heavy (non-hydrogen) atoms. The predicted molar refractivity (Wildman–Crippen MR) is 93.7 cm³/mol. The zero-order chi connectivity index (χ0) is 18.6. The van der Waals surface area contributed by atoms with E-state index in [4.69, 9.17) is 0 Å². The number of piperazine rings is 1. The van der Waals surface area contributed by atoms with Gasteiger partial charge in [0, 0.05) is 12.4 Å². The van der Waals surface area contributed by atoms with Crippen LogP contribution in [-0.2, 0) is 14.8 Å². The third-order valence-corrected chi connectivity index (χ3v) is 7.15. The molecule has 2 atom stereocenters. The summed E-state index contributed by atoms with van der Waals surface area (Å²) in [6.07, 6.45) is 1.01. The Balaban J connectivity index is 2.03. The molecule has 0 unspecified atom stereocenters. The lowest BCUT2D eigenvalue weighted by Crippen LogP contribution is -3.18. The van der Waals surface area contributed by atoms with Gasteiger partial charge in [0.05, 0.1) is 37.1 Å². The monoisotopic (exact) mass is 368 g/mol. The summed E-state index contributed by atoms with van der Waals surface area (Å²) in [6.45, 7) is 8.13. The van der Waals surface area contributed by atoms with E-state index in [-0.39, 0.29) is 12.5 Å². The Morgan fingerprint density at radius 3 is 2.24 bits per heavy atom.